The maximum absolute atomic E-state index is 12.9. The van der Waals surface area contributed by atoms with E-state index >= 15 is 0 Å². The van der Waals surface area contributed by atoms with Gasteiger partial charge < -0.3 is 14.1 Å². The molecule has 0 saturated heterocycles. The highest BCUT2D eigenvalue weighted by Crippen LogP contribution is 2.40. The Balaban J connectivity index is 1.53. The Labute approximate surface area is 171 Å². The summed E-state index contributed by atoms with van der Waals surface area (Å²) in [6, 6.07) is 15.7. The lowest BCUT2D eigenvalue weighted by Gasteiger charge is -2.03. The molecule has 0 bridgehead atoms. The summed E-state index contributed by atoms with van der Waals surface area (Å²) < 4.78 is 7.90. The van der Waals surface area contributed by atoms with Crippen molar-refractivity contribution in [3.05, 3.63) is 76.9 Å². The summed E-state index contributed by atoms with van der Waals surface area (Å²) in [5.74, 6) is 0.439. The second-order valence-corrected chi connectivity index (χ2v) is 7.45. The first-order chi connectivity index (χ1) is 14.1. The molecule has 7 heteroatoms. The Morgan fingerprint density at radius 3 is 2.52 bits per heavy atom. The predicted octanol–water partition coefficient (Wildman–Crippen LogP) is 5.13. The van der Waals surface area contributed by atoms with Gasteiger partial charge in [0.15, 0.2) is 5.78 Å². The topological polar surface area (TPSA) is 81.2 Å². The number of para-hydroxylation sites is 1. The first-order valence-electron chi connectivity index (χ1n) is 9.24. The minimum Gasteiger partial charge on any atom is -0.507 e. The van der Waals surface area contributed by atoms with Crippen LogP contribution in [-0.2, 0) is 0 Å². The second-order valence-electron chi connectivity index (χ2n) is 7.02. The molecule has 0 radical (unpaired) electrons. The van der Waals surface area contributed by atoms with Gasteiger partial charge in [-0.25, -0.2) is 0 Å². The Bertz CT molecular complexity index is 1210. The van der Waals surface area contributed by atoms with E-state index in [4.69, 9.17) is 16.0 Å². The number of phenols is 1. The number of ketones is 1. The lowest BCUT2D eigenvalue weighted by Crippen LogP contribution is -2.00. The Morgan fingerprint density at radius 1 is 1.07 bits per heavy atom. The summed E-state index contributed by atoms with van der Waals surface area (Å²) in [5, 5.41) is 19.0. The Hall–Kier alpha value is -3.38. The number of hydrogen-bond donors (Lipinski definition) is 1. The van der Waals surface area contributed by atoms with Crippen LogP contribution in [0.15, 0.2) is 65.2 Å². The zero-order valence-corrected chi connectivity index (χ0v) is 16.0. The van der Waals surface area contributed by atoms with Gasteiger partial charge in [0.2, 0.25) is 5.89 Å². The normalized spacial score (nSPS) is 13.6. The average Bonchev–Trinajstić information content (AvgIpc) is 3.29. The summed E-state index contributed by atoms with van der Waals surface area (Å²) in [7, 11) is 0. The number of carbonyl (C=O) groups excluding carboxylic acids is 1. The van der Waals surface area contributed by atoms with Crippen LogP contribution in [0, 0.1) is 0 Å². The Kier molecular flexibility index (Phi) is 4.21. The van der Waals surface area contributed by atoms with Gasteiger partial charge in [0, 0.05) is 28.4 Å². The van der Waals surface area contributed by atoms with E-state index in [0.717, 1.165) is 18.4 Å². The van der Waals surface area contributed by atoms with Crippen molar-refractivity contribution in [2.45, 2.75) is 18.9 Å². The molecule has 1 saturated carbocycles. The fourth-order valence-corrected chi connectivity index (χ4v) is 3.41. The van der Waals surface area contributed by atoms with Crippen LogP contribution < -0.4 is 0 Å². The third kappa shape index (κ3) is 3.32. The van der Waals surface area contributed by atoms with E-state index in [1.165, 1.54) is 6.07 Å². The Morgan fingerprint density at radius 2 is 1.79 bits per heavy atom. The number of aromatic nitrogens is 3. The highest BCUT2D eigenvalue weighted by molar-refractivity contribution is 6.30. The summed E-state index contributed by atoms with van der Waals surface area (Å²) in [5.41, 5.74) is 2.20. The molecule has 2 heterocycles. The molecule has 0 spiro atoms. The second kappa shape index (κ2) is 6.90. The zero-order chi connectivity index (χ0) is 20.0. The molecule has 0 atom stereocenters. The smallest absolute Gasteiger partial charge is 0.264 e. The van der Waals surface area contributed by atoms with Crippen molar-refractivity contribution >= 4 is 17.4 Å². The molecule has 5 rings (SSSR count). The number of halogens is 1. The number of hydrogen-bond acceptors (Lipinski definition) is 5. The van der Waals surface area contributed by atoms with E-state index in [1.54, 1.807) is 42.6 Å². The van der Waals surface area contributed by atoms with Crippen LogP contribution in [0.4, 0.5) is 0 Å². The molecular formula is C22H16ClN3O3. The number of rotatable bonds is 5. The molecule has 1 fully saturated rings. The average molecular weight is 406 g/mol. The molecule has 1 N–H and O–H groups in total. The molecule has 2 aromatic heterocycles. The van der Waals surface area contributed by atoms with Crippen LogP contribution >= 0.6 is 11.6 Å². The highest BCUT2D eigenvalue weighted by Gasteiger charge is 2.29. The molecule has 1 aliphatic rings. The fraction of sp³-hybridized carbons (Fsp3) is 0.136. The van der Waals surface area contributed by atoms with Gasteiger partial charge in [-0.3, -0.25) is 4.79 Å². The number of benzene rings is 2. The van der Waals surface area contributed by atoms with Crippen molar-refractivity contribution in [1.29, 1.82) is 0 Å². The van der Waals surface area contributed by atoms with Crippen LogP contribution in [-0.4, -0.2) is 25.7 Å². The van der Waals surface area contributed by atoms with Gasteiger partial charge in [-0.1, -0.05) is 23.7 Å². The minimum absolute atomic E-state index is 0.0407. The van der Waals surface area contributed by atoms with Crippen molar-refractivity contribution < 1.29 is 14.3 Å². The molecule has 1 aliphatic carbocycles. The largest absolute Gasteiger partial charge is 0.507 e. The number of carbonyl (C=O) groups is 1. The molecule has 4 aromatic rings. The van der Waals surface area contributed by atoms with Crippen molar-refractivity contribution in [3.8, 4) is 28.8 Å². The molecule has 0 amide bonds. The number of aromatic hydroxyl groups is 1. The molecule has 2 aromatic carbocycles. The van der Waals surface area contributed by atoms with E-state index in [1.807, 2.05) is 16.7 Å². The van der Waals surface area contributed by atoms with Gasteiger partial charge in [-0.2, -0.15) is 0 Å². The van der Waals surface area contributed by atoms with Crippen molar-refractivity contribution in [2.75, 3.05) is 0 Å². The summed E-state index contributed by atoms with van der Waals surface area (Å²) in [6.07, 6.45) is 3.86. The first-order valence-corrected chi connectivity index (χ1v) is 9.62. The van der Waals surface area contributed by atoms with E-state index in [-0.39, 0.29) is 17.1 Å². The van der Waals surface area contributed by atoms with Gasteiger partial charge in [0.1, 0.15) is 11.4 Å². The van der Waals surface area contributed by atoms with Crippen molar-refractivity contribution in [1.82, 2.24) is 14.8 Å². The molecule has 0 unspecified atom stereocenters. The maximum Gasteiger partial charge on any atom is 0.264 e. The molecule has 144 valence electrons. The van der Waals surface area contributed by atoms with Gasteiger partial charge in [-0.05, 0) is 55.3 Å². The summed E-state index contributed by atoms with van der Waals surface area (Å²) in [6.45, 7) is 0. The van der Waals surface area contributed by atoms with Crippen LogP contribution in [0.3, 0.4) is 0 Å². The van der Waals surface area contributed by atoms with E-state index < -0.39 is 0 Å². The maximum atomic E-state index is 12.9. The fourth-order valence-electron chi connectivity index (χ4n) is 3.29. The van der Waals surface area contributed by atoms with Crippen molar-refractivity contribution in [3.63, 3.8) is 0 Å². The third-order valence-corrected chi connectivity index (χ3v) is 5.19. The van der Waals surface area contributed by atoms with Gasteiger partial charge in [0.05, 0.1) is 5.56 Å². The molecule has 6 nitrogen and oxygen atoms in total. The lowest BCUT2D eigenvalue weighted by atomic mass is 10.0. The number of phenolic OH excluding ortho intramolecular Hbond substituents is 1. The zero-order valence-electron chi connectivity index (χ0n) is 15.2. The number of nitrogens with zero attached hydrogens (tertiary/aromatic N) is 3. The van der Waals surface area contributed by atoms with E-state index in [2.05, 4.69) is 10.2 Å². The predicted molar refractivity (Wildman–Crippen MR) is 108 cm³/mol. The van der Waals surface area contributed by atoms with Crippen LogP contribution in [0.1, 0.15) is 34.8 Å². The van der Waals surface area contributed by atoms with Crippen molar-refractivity contribution in [2.24, 2.45) is 0 Å². The van der Waals surface area contributed by atoms with Crippen LogP contribution in [0.2, 0.25) is 5.02 Å². The molecule has 29 heavy (non-hydrogen) atoms. The standard InChI is InChI=1S/C22H16ClN3O3/c23-15-7-5-13(6-8-15)21-24-25-22(29-21)18-11-14(12-26(18)16-9-10-16)20(28)17-3-1-2-4-19(17)27/h1-8,11-12,16,27H,9-10H2. The summed E-state index contributed by atoms with van der Waals surface area (Å²) in [4.78, 5) is 12.9. The highest BCUT2D eigenvalue weighted by atomic mass is 35.5. The first kappa shape index (κ1) is 17.7. The van der Waals surface area contributed by atoms with E-state index in [0.29, 0.717) is 34.1 Å². The minimum atomic E-state index is -0.249. The van der Waals surface area contributed by atoms with E-state index in [9.17, 15) is 9.90 Å². The SMILES string of the molecule is O=C(c1cc(-c2nnc(-c3ccc(Cl)cc3)o2)n(C2CC2)c1)c1ccccc1O. The molecular weight excluding hydrogens is 390 g/mol. The lowest BCUT2D eigenvalue weighted by molar-refractivity contribution is 0.103. The summed E-state index contributed by atoms with van der Waals surface area (Å²) >= 11 is 5.94. The quantitative estimate of drug-likeness (QED) is 0.465. The van der Waals surface area contributed by atoms with Crippen LogP contribution in [0.25, 0.3) is 23.0 Å². The van der Waals surface area contributed by atoms with Gasteiger partial charge in [-0.15, -0.1) is 10.2 Å². The molecule has 0 aliphatic heterocycles. The third-order valence-electron chi connectivity index (χ3n) is 4.93. The van der Waals surface area contributed by atoms with Gasteiger partial charge in [0.25, 0.3) is 5.89 Å². The van der Waals surface area contributed by atoms with Gasteiger partial charge >= 0.3 is 0 Å². The van der Waals surface area contributed by atoms with Crippen LogP contribution in [0.5, 0.6) is 5.75 Å². The monoisotopic (exact) mass is 405 g/mol.